The second kappa shape index (κ2) is 9.26. The maximum absolute atomic E-state index is 12.7. The van der Waals surface area contributed by atoms with E-state index in [-0.39, 0.29) is 6.42 Å². The van der Waals surface area contributed by atoms with Crippen molar-refractivity contribution in [2.75, 3.05) is 27.9 Å². The Kier molecular flexibility index (Phi) is 7.24. The van der Waals surface area contributed by atoms with Crippen LogP contribution in [0, 0.1) is 11.8 Å². The monoisotopic (exact) mass is 408 g/mol. The number of hydrogen-bond donors (Lipinski definition) is 1. The molecule has 2 rings (SSSR count). The van der Waals surface area contributed by atoms with Gasteiger partial charge >= 0.3 is 11.9 Å². The molecule has 0 radical (unpaired) electrons. The van der Waals surface area contributed by atoms with E-state index in [1.807, 2.05) is 6.92 Å². The van der Waals surface area contributed by atoms with Gasteiger partial charge in [0.15, 0.2) is 17.3 Å². The smallest absolute Gasteiger partial charge is 0.316 e. The molecule has 0 aromatic heterocycles. The summed E-state index contributed by atoms with van der Waals surface area (Å²) >= 11 is 0. The van der Waals surface area contributed by atoms with E-state index in [2.05, 4.69) is 0 Å². The van der Waals surface area contributed by atoms with Crippen LogP contribution in [0.15, 0.2) is 18.2 Å². The van der Waals surface area contributed by atoms with Crippen LogP contribution < -0.4 is 9.47 Å². The van der Waals surface area contributed by atoms with Crippen molar-refractivity contribution < 1.29 is 38.4 Å². The van der Waals surface area contributed by atoms with Gasteiger partial charge in [-0.25, -0.2) is 0 Å². The summed E-state index contributed by atoms with van der Waals surface area (Å²) < 4.78 is 20.8. The molecule has 0 spiro atoms. The zero-order valence-electron chi connectivity index (χ0n) is 17.4. The first-order valence-corrected chi connectivity index (χ1v) is 9.43. The molecule has 1 aromatic rings. The van der Waals surface area contributed by atoms with Gasteiger partial charge in [0.25, 0.3) is 0 Å². The summed E-state index contributed by atoms with van der Waals surface area (Å²) in [7, 11) is 3.84. The van der Waals surface area contributed by atoms with Crippen LogP contribution in [-0.2, 0) is 23.9 Å². The Hall–Kier alpha value is -2.61. The van der Waals surface area contributed by atoms with Gasteiger partial charge in [-0.05, 0) is 31.0 Å². The fourth-order valence-corrected chi connectivity index (χ4v) is 3.89. The number of ketones is 1. The summed E-state index contributed by atoms with van der Waals surface area (Å²) in [6, 6.07) is 4.91. The fraction of sp³-hybridized carbons (Fsp3) is 0.571. The topological polar surface area (TPSA) is 108 Å². The minimum Gasteiger partial charge on any atom is -0.493 e. The Bertz CT molecular complexity index is 770. The molecule has 29 heavy (non-hydrogen) atoms. The van der Waals surface area contributed by atoms with Crippen molar-refractivity contribution in [3.05, 3.63) is 23.8 Å². The lowest BCUT2D eigenvalue weighted by molar-refractivity contribution is -0.170. The minimum absolute atomic E-state index is 0.363. The molecule has 4 atom stereocenters. The Morgan fingerprint density at radius 3 is 2.34 bits per heavy atom. The molecule has 0 aliphatic heterocycles. The summed E-state index contributed by atoms with van der Waals surface area (Å²) in [5, 5.41) is 10.9. The third-order valence-corrected chi connectivity index (χ3v) is 5.21. The minimum atomic E-state index is -1.69. The predicted molar refractivity (Wildman–Crippen MR) is 103 cm³/mol. The van der Waals surface area contributed by atoms with Crippen molar-refractivity contribution in [3.63, 3.8) is 0 Å². The van der Waals surface area contributed by atoms with Crippen molar-refractivity contribution in [2.24, 2.45) is 11.8 Å². The molecule has 4 unspecified atom stereocenters. The molecule has 8 nitrogen and oxygen atoms in total. The molecule has 1 aromatic carbocycles. The predicted octanol–water partition coefficient (Wildman–Crippen LogP) is 1.87. The Morgan fingerprint density at radius 2 is 1.79 bits per heavy atom. The van der Waals surface area contributed by atoms with Crippen molar-refractivity contribution in [2.45, 2.75) is 38.2 Å². The number of hydrogen-bond acceptors (Lipinski definition) is 8. The normalized spacial score (nSPS) is 26.6. The van der Waals surface area contributed by atoms with Crippen LogP contribution in [0.25, 0.3) is 0 Å². The highest BCUT2D eigenvalue weighted by Crippen LogP contribution is 2.48. The van der Waals surface area contributed by atoms with E-state index in [0.717, 1.165) is 6.42 Å². The second-order valence-electron chi connectivity index (χ2n) is 7.29. The van der Waals surface area contributed by atoms with Crippen LogP contribution >= 0.6 is 0 Å². The average molecular weight is 408 g/mol. The third kappa shape index (κ3) is 4.53. The van der Waals surface area contributed by atoms with Crippen LogP contribution in [-0.4, -0.2) is 56.4 Å². The molecule has 0 heterocycles. The van der Waals surface area contributed by atoms with Crippen LogP contribution in [0.3, 0.4) is 0 Å². The van der Waals surface area contributed by atoms with Crippen molar-refractivity contribution in [1.29, 1.82) is 0 Å². The van der Waals surface area contributed by atoms with Crippen LogP contribution in [0.4, 0.5) is 0 Å². The number of aliphatic hydroxyl groups is 1. The Labute approximate surface area is 170 Å². The summed E-state index contributed by atoms with van der Waals surface area (Å²) in [5.74, 6) is -4.49. The molecule has 0 saturated heterocycles. The number of methoxy groups -OCH3 is 3. The highest BCUT2D eigenvalue weighted by atomic mass is 16.5. The summed E-state index contributed by atoms with van der Waals surface area (Å²) in [6.07, 6.45) is 0.442. The molecular weight excluding hydrogens is 380 g/mol. The molecular formula is C21H28O8. The molecule has 1 aliphatic carbocycles. The van der Waals surface area contributed by atoms with Gasteiger partial charge in [0.2, 0.25) is 0 Å². The summed E-state index contributed by atoms with van der Waals surface area (Å²) in [4.78, 5) is 37.8. The number of Topliss-reactive ketones (excluding diaryl/α,β-unsaturated/α-hetero) is 1. The summed E-state index contributed by atoms with van der Waals surface area (Å²) in [6.45, 7) is 3.85. The Morgan fingerprint density at radius 1 is 1.14 bits per heavy atom. The highest BCUT2D eigenvalue weighted by molar-refractivity contribution is 6.02. The first-order valence-electron chi connectivity index (χ1n) is 9.43. The zero-order chi connectivity index (χ0) is 21.8. The number of ether oxygens (including phenoxy) is 4. The zero-order valence-corrected chi connectivity index (χ0v) is 17.4. The van der Waals surface area contributed by atoms with E-state index in [4.69, 9.17) is 18.9 Å². The van der Waals surface area contributed by atoms with Gasteiger partial charge in [-0.1, -0.05) is 13.0 Å². The van der Waals surface area contributed by atoms with E-state index >= 15 is 0 Å². The first kappa shape index (κ1) is 22.7. The summed E-state index contributed by atoms with van der Waals surface area (Å²) in [5.41, 5.74) is -1.23. The van der Waals surface area contributed by atoms with Crippen LogP contribution in [0.5, 0.6) is 11.5 Å². The van der Waals surface area contributed by atoms with Gasteiger partial charge in [0.05, 0.1) is 39.5 Å². The van der Waals surface area contributed by atoms with E-state index in [1.54, 1.807) is 18.2 Å². The van der Waals surface area contributed by atoms with Gasteiger partial charge < -0.3 is 24.1 Å². The lowest BCUT2D eigenvalue weighted by Crippen LogP contribution is -2.55. The Balaban J connectivity index is 2.63. The van der Waals surface area contributed by atoms with Crippen molar-refractivity contribution in [1.82, 2.24) is 0 Å². The van der Waals surface area contributed by atoms with Crippen molar-refractivity contribution >= 4 is 17.7 Å². The standard InChI is InChI=1S/C21H28O8/c1-6-9-29-14-8-7-12(10-15(14)26-3)16-17(19(23)27-4)13(22)11-21(2,25)18(16)20(24)28-5/h7-8,10,16-18,25H,6,9,11H2,1-5H3. The van der Waals surface area contributed by atoms with E-state index in [9.17, 15) is 19.5 Å². The number of esters is 2. The molecule has 0 bridgehead atoms. The molecule has 1 saturated carbocycles. The fourth-order valence-electron chi connectivity index (χ4n) is 3.89. The van der Waals surface area contributed by atoms with E-state index in [0.29, 0.717) is 23.7 Å². The quantitative estimate of drug-likeness (QED) is 0.538. The second-order valence-corrected chi connectivity index (χ2v) is 7.29. The van der Waals surface area contributed by atoms with Gasteiger partial charge in [0.1, 0.15) is 5.92 Å². The number of rotatable bonds is 7. The molecule has 0 amide bonds. The van der Waals surface area contributed by atoms with Crippen molar-refractivity contribution in [3.8, 4) is 11.5 Å². The number of benzene rings is 1. The largest absolute Gasteiger partial charge is 0.493 e. The molecule has 1 fully saturated rings. The van der Waals surface area contributed by atoms with Gasteiger partial charge in [-0.3, -0.25) is 14.4 Å². The molecule has 1 N–H and O–H groups in total. The lowest BCUT2D eigenvalue weighted by atomic mass is 9.61. The van der Waals surface area contributed by atoms with E-state index < -0.39 is 41.1 Å². The molecule has 8 heteroatoms. The number of carbonyl (C=O) groups is 3. The lowest BCUT2D eigenvalue weighted by Gasteiger charge is -2.43. The SMILES string of the molecule is CCCOc1ccc(C2C(C(=O)OC)C(=O)CC(C)(O)C2C(=O)OC)cc1OC. The van der Waals surface area contributed by atoms with E-state index in [1.165, 1.54) is 28.3 Å². The van der Waals surface area contributed by atoms with Gasteiger partial charge in [-0.15, -0.1) is 0 Å². The third-order valence-electron chi connectivity index (χ3n) is 5.21. The molecule has 1 aliphatic rings. The maximum atomic E-state index is 12.7. The highest BCUT2D eigenvalue weighted by Gasteiger charge is 2.57. The van der Waals surface area contributed by atoms with Gasteiger partial charge in [-0.2, -0.15) is 0 Å². The first-order chi connectivity index (χ1) is 13.7. The van der Waals surface area contributed by atoms with Gasteiger partial charge in [0, 0.05) is 12.3 Å². The van der Waals surface area contributed by atoms with Crippen LogP contribution in [0.1, 0.15) is 38.2 Å². The van der Waals surface area contributed by atoms with Crippen LogP contribution in [0.2, 0.25) is 0 Å². The average Bonchev–Trinajstić information content (AvgIpc) is 2.69. The molecule has 160 valence electrons. The number of carbonyl (C=O) groups excluding carboxylic acids is 3. The maximum Gasteiger partial charge on any atom is 0.316 e.